The summed E-state index contributed by atoms with van der Waals surface area (Å²) in [7, 11) is -3.76. The van der Waals surface area contributed by atoms with E-state index in [1.54, 1.807) is 43.3 Å². The van der Waals surface area contributed by atoms with Crippen LogP contribution in [0.3, 0.4) is 0 Å². The van der Waals surface area contributed by atoms with Crippen molar-refractivity contribution in [3.63, 3.8) is 0 Å². The van der Waals surface area contributed by atoms with E-state index in [-0.39, 0.29) is 16.8 Å². The second-order valence-electron chi connectivity index (χ2n) is 7.55. The molecule has 0 aliphatic carbocycles. The Labute approximate surface area is 187 Å². The van der Waals surface area contributed by atoms with Crippen LogP contribution in [0.2, 0.25) is 0 Å². The molecule has 3 aromatic carbocycles. The molecule has 0 spiro atoms. The van der Waals surface area contributed by atoms with Crippen molar-refractivity contribution in [2.75, 3.05) is 17.9 Å². The third kappa shape index (κ3) is 4.70. The lowest BCUT2D eigenvalue weighted by Gasteiger charge is -2.21. The van der Waals surface area contributed by atoms with Gasteiger partial charge in [0.05, 0.1) is 16.6 Å². The molecule has 1 aliphatic rings. The molecule has 1 heterocycles. The van der Waals surface area contributed by atoms with Crippen molar-refractivity contribution in [2.24, 2.45) is 0 Å². The highest BCUT2D eigenvalue weighted by Gasteiger charge is 2.19. The fraction of sp³-hybridized carbons (Fsp3) is 0.208. The topological polar surface area (TPSA) is 93.7 Å². The molecule has 0 saturated carbocycles. The van der Waals surface area contributed by atoms with E-state index < -0.39 is 10.0 Å². The molecule has 1 amide bonds. The summed E-state index contributed by atoms with van der Waals surface area (Å²) >= 11 is 0. The lowest BCUT2D eigenvalue weighted by atomic mass is 10.1. The van der Waals surface area contributed by atoms with E-state index in [1.807, 2.05) is 25.1 Å². The molecule has 1 atom stereocenters. The van der Waals surface area contributed by atoms with Crippen molar-refractivity contribution >= 4 is 21.6 Å². The van der Waals surface area contributed by atoms with Crippen LogP contribution in [0.15, 0.2) is 71.6 Å². The molecule has 0 fully saturated rings. The molecule has 0 aromatic heterocycles. The molecule has 4 rings (SSSR count). The SMILES string of the molecule is Cc1ccc(C(=O)N[C@@H](C)c2ccc3c(c2)OCCO3)cc1NS(=O)(=O)c1ccccc1. The highest BCUT2D eigenvalue weighted by atomic mass is 32.2. The van der Waals surface area contributed by atoms with Crippen LogP contribution < -0.4 is 19.5 Å². The van der Waals surface area contributed by atoms with Gasteiger partial charge in [-0.3, -0.25) is 9.52 Å². The average molecular weight is 453 g/mol. The first-order valence-electron chi connectivity index (χ1n) is 10.2. The quantitative estimate of drug-likeness (QED) is 0.588. The molecule has 0 unspecified atom stereocenters. The molecule has 8 heteroatoms. The lowest BCUT2D eigenvalue weighted by Crippen LogP contribution is -2.27. The summed E-state index contributed by atoms with van der Waals surface area (Å²) in [4.78, 5) is 13.0. The number of anilines is 1. The predicted molar refractivity (Wildman–Crippen MR) is 122 cm³/mol. The lowest BCUT2D eigenvalue weighted by molar-refractivity contribution is 0.0939. The molecule has 2 N–H and O–H groups in total. The number of nitrogens with one attached hydrogen (secondary N) is 2. The largest absolute Gasteiger partial charge is 0.486 e. The number of hydrogen-bond acceptors (Lipinski definition) is 5. The molecule has 32 heavy (non-hydrogen) atoms. The van der Waals surface area contributed by atoms with Gasteiger partial charge >= 0.3 is 0 Å². The van der Waals surface area contributed by atoms with Crippen LogP contribution in [0.5, 0.6) is 11.5 Å². The minimum Gasteiger partial charge on any atom is -0.486 e. The van der Waals surface area contributed by atoms with Gasteiger partial charge in [0.15, 0.2) is 11.5 Å². The number of carbonyl (C=O) groups excluding carboxylic acids is 1. The highest BCUT2D eigenvalue weighted by molar-refractivity contribution is 7.92. The maximum absolute atomic E-state index is 12.9. The third-order valence-electron chi connectivity index (χ3n) is 5.21. The van der Waals surface area contributed by atoms with Crippen molar-refractivity contribution in [3.8, 4) is 11.5 Å². The maximum atomic E-state index is 12.9. The summed E-state index contributed by atoms with van der Waals surface area (Å²) in [5.41, 5.74) is 2.29. The van der Waals surface area contributed by atoms with Gasteiger partial charge in [-0.1, -0.05) is 30.3 Å². The van der Waals surface area contributed by atoms with Crippen molar-refractivity contribution in [1.29, 1.82) is 0 Å². The Morgan fingerprint density at radius 1 is 0.938 bits per heavy atom. The Morgan fingerprint density at radius 3 is 2.41 bits per heavy atom. The number of amides is 1. The molecule has 166 valence electrons. The first-order valence-corrected chi connectivity index (χ1v) is 11.7. The van der Waals surface area contributed by atoms with Crippen LogP contribution in [0, 0.1) is 6.92 Å². The number of sulfonamides is 1. The van der Waals surface area contributed by atoms with E-state index in [2.05, 4.69) is 10.0 Å². The average Bonchev–Trinajstić information content (AvgIpc) is 2.80. The molecular weight excluding hydrogens is 428 g/mol. The molecule has 0 bridgehead atoms. The predicted octanol–water partition coefficient (Wildman–Crippen LogP) is 4.06. The highest BCUT2D eigenvalue weighted by Crippen LogP contribution is 2.32. The van der Waals surface area contributed by atoms with E-state index in [0.29, 0.717) is 41.5 Å². The Morgan fingerprint density at radius 2 is 1.66 bits per heavy atom. The van der Waals surface area contributed by atoms with Gasteiger partial charge in [0.2, 0.25) is 0 Å². The van der Waals surface area contributed by atoms with Gasteiger partial charge in [-0.25, -0.2) is 8.42 Å². The van der Waals surface area contributed by atoms with Crippen molar-refractivity contribution in [3.05, 3.63) is 83.4 Å². The minimum absolute atomic E-state index is 0.154. The van der Waals surface area contributed by atoms with Crippen molar-refractivity contribution < 1.29 is 22.7 Å². The zero-order chi connectivity index (χ0) is 22.7. The van der Waals surface area contributed by atoms with E-state index >= 15 is 0 Å². The molecule has 0 radical (unpaired) electrons. The zero-order valence-corrected chi connectivity index (χ0v) is 18.6. The number of hydrogen-bond donors (Lipinski definition) is 2. The number of rotatable bonds is 6. The first kappa shape index (κ1) is 21.7. The van der Waals surface area contributed by atoms with E-state index in [4.69, 9.17) is 9.47 Å². The third-order valence-corrected chi connectivity index (χ3v) is 6.59. The van der Waals surface area contributed by atoms with Crippen LogP contribution in [-0.4, -0.2) is 27.5 Å². The summed E-state index contributed by atoms with van der Waals surface area (Å²) in [5, 5.41) is 2.95. The number of fused-ring (bicyclic) bond motifs is 1. The monoisotopic (exact) mass is 452 g/mol. The van der Waals surface area contributed by atoms with Crippen molar-refractivity contribution in [2.45, 2.75) is 24.8 Å². The zero-order valence-electron chi connectivity index (χ0n) is 17.8. The Bertz CT molecular complexity index is 1240. The Kier molecular flexibility index (Phi) is 6.05. The van der Waals surface area contributed by atoms with Gasteiger partial charge < -0.3 is 14.8 Å². The number of ether oxygens (including phenoxy) is 2. The second-order valence-corrected chi connectivity index (χ2v) is 9.23. The van der Waals surface area contributed by atoms with Gasteiger partial charge in [0, 0.05) is 5.56 Å². The second kappa shape index (κ2) is 8.92. The van der Waals surface area contributed by atoms with Gasteiger partial charge in [-0.2, -0.15) is 0 Å². The summed E-state index contributed by atoms with van der Waals surface area (Å²) in [5.74, 6) is 1.03. The van der Waals surface area contributed by atoms with Gasteiger partial charge in [0.1, 0.15) is 13.2 Å². The normalized spacial score (nSPS) is 13.8. The van der Waals surface area contributed by atoms with E-state index in [9.17, 15) is 13.2 Å². The van der Waals surface area contributed by atoms with Gasteiger partial charge in [-0.15, -0.1) is 0 Å². The molecule has 0 saturated heterocycles. The standard InChI is InChI=1S/C24H24N2O5S/c1-16-8-9-19(14-21(16)26-32(28,29)20-6-4-3-5-7-20)24(27)25-17(2)18-10-11-22-23(15-18)31-13-12-30-22/h3-11,14-15,17,26H,12-13H2,1-2H3,(H,25,27)/t17-/m0/s1. The van der Waals surface area contributed by atoms with Gasteiger partial charge in [0.25, 0.3) is 15.9 Å². The number of benzene rings is 3. The van der Waals surface area contributed by atoms with Crippen molar-refractivity contribution in [1.82, 2.24) is 5.32 Å². The Balaban J connectivity index is 1.51. The first-order chi connectivity index (χ1) is 15.3. The molecule has 3 aromatic rings. The van der Waals surface area contributed by atoms with Gasteiger partial charge in [-0.05, 0) is 61.4 Å². The van der Waals surface area contributed by atoms with Crippen LogP contribution in [0.1, 0.15) is 34.5 Å². The summed E-state index contributed by atoms with van der Waals surface area (Å²) < 4.78 is 39.1. The molecule has 7 nitrogen and oxygen atoms in total. The minimum atomic E-state index is -3.76. The Hall–Kier alpha value is -3.52. The van der Waals surface area contributed by atoms with Crippen LogP contribution in [0.4, 0.5) is 5.69 Å². The fourth-order valence-corrected chi connectivity index (χ4v) is 4.51. The van der Waals surface area contributed by atoms with Crippen LogP contribution in [-0.2, 0) is 10.0 Å². The van der Waals surface area contributed by atoms with Crippen LogP contribution in [0.25, 0.3) is 0 Å². The van der Waals surface area contributed by atoms with E-state index in [1.165, 1.54) is 12.1 Å². The molecular formula is C24H24N2O5S. The summed E-state index contributed by atoms with van der Waals surface area (Å²) in [6.07, 6.45) is 0. The summed E-state index contributed by atoms with van der Waals surface area (Å²) in [6, 6.07) is 18.3. The molecule has 1 aliphatic heterocycles. The van der Waals surface area contributed by atoms with E-state index in [0.717, 1.165) is 5.56 Å². The maximum Gasteiger partial charge on any atom is 0.261 e. The summed E-state index contributed by atoms with van der Waals surface area (Å²) in [6.45, 7) is 4.66. The number of carbonyl (C=O) groups is 1. The fourth-order valence-electron chi connectivity index (χ4n) is 3.37. The smallest absolute Gasteiger partial charge is 0.261 e. The number of aryl methyl sites for hydroxylation is 1. The van der Waals surface area contributed by atoms with Crippen LogP contribution >= 0.6 is 0 Å².